The lowest BCUT2D eigenvalue weighted by Gasteiger charge is -2.06. The van der Waals surface area contributed by atoms with Crippen LogP contribution in [-0.4, -0.2) is 5.11 Å². The van der Waals surface area contributed by atoms with Gasteiger partial charge >= 0.3 is 0 Å². The van der Waals surface area contributed by atoms with E-state index in [-0.39, 0.29) is 0 Å². The Morgan fingerprint density at radius 2 is 1.91 bits per heavy atom. The lowest BCUT2D eigenvalue weighted by molar-refractivity contribution is 0.468. The van der Waals surface area contributed by atoms with Gasteiger partial charge in [-0.1, -0.05) is 26.0 Å². The molecule has 1 N–H and O–H groups in total. The van der Waals surface area contributed by atoms with E-state index in [0.717, 1.165) is 18.4 Å². The molecule has 0 aliphatic carbocycles. The van der Waals surface area contributed by atoms with Crippen LogP contribution in [0.25, 0.3) is 0 Å². The topological polar surface area (TPSA) is 20.2 Å². The zero-order chi connectivity index (χ0) is 8.27. The molecule has 1 rings (SSSR count). The minimum Gasteiger partial charge on any atom is -0.508 e. The summed E-state index contributed by atoms with van der Waals surface area (Å²) < 4.78 is 0. The molecule has 1 heteroatoms. The summed E-state index contributed by atoms with van der Waals surface area (Å²) in [7, 11) is 0. The SMILES string of the molecule is CCc1cccc(O)c1CC. The molecule has 0 unspecified atom stereocenters. The molecule has 1 aromatic carbocycles. The lowest BCUT2D eigenvalue weighted by Crippen LogP contribution is -1.90. The van der Waals surface area contributed by atoms with Crippen molar-refractivity contribution in [2.45, 2.75) is 26.7 Å². The van der Waals surface area contributed by atoms with E-state index in [0.29, 0.717) is 5.75 Å². The van der Waals surface area contributed by atoms with Gasteiger partial charge in [-0.3, -0.25) is 0 Å². The van der Waals surface area contributed by atoms with Gasteiger partial charge in [0.15, 0.2) is 0 Å². The lowest BCUT2D eigenvalue weighted by atomic mass is 10.0. The number of aryl methyl sites for hydroxylation is 1. The van der Waals surface area contributed by atoms with E-state index in [1.54, 1.807) is 6.07 Å². The monoisotopic (exact) mass is 150 g/mol. The van der Waals surface area contributed by atoms with Gasteiger partial charge in [-0.15, -0.1) is 0 Å². The molecule has 0 aliphatic rings. The fourth-order valence-electron chi connectivity index (χ4n) is 1.36. The Morgan fingerprint density at radius 1 is 1.18 bits per heavy atom. The number of aromatic hydroxyl groups is 1. The Labute approximate surface area is 67.7 Å². The molecule has 0 aromatic heterocycles. The summed E-state index contributed by atoms with van der Waals surface area (Å²) in [6, 6.07) is 5.71. The van der Waals surface area contributed by atoms with Crippen LogP contribution in [0.3, 0.4) is 0 Å². The summed E-state index contributed by atoms with van der Waals surface area (Å²) in [5, 5.41) is 9.42. The van der Waals surface area contributed by atoms with Crippen molar-refractivity contribution in [2.75, 3.05) is 0 Å². The number of benzene rings is 1. The number of hydrogen-bond acceptors (Lipinski definition) is 1. The van der Waals surface area contributed by atoms with Crippen molar-refractivity contribution in [1.82, 2.24) is 0 Å². The largest absolute Gasteiger partial charge is 0.508 e. The van der Waals surface area contributed by atoms with Crippen LogP contribution in [0.2, 0.25) is 0 Å². The summed E-state index contributed by atoms with van der Waals surface area (Å²) in [4.78, 5) is 0. The van der Waals surface area contributed by atoms with Crippen molar-refractivity contribution >= 4 is 0 Å². The van der Waals surface area contributed by atoms with Crippen LogP contribution in [0.1, 0.15) is 25.0 Å². The molecular weight excluding hydrogens is 136 g/mol. The average molecular weight is 150 g/mol. The molecule has 1 nitrogen and oxygen atoms in total. The standard InChI is InChI=1S/C10H14O/c1-3-8-6-5-7-10(11)9(8)4-2/h5-7,11H,3-4H2,1-2H3. The van der Waals surface area contributed by atoms with Crippen molar-refractivity contribution in [3.05, 3.63) is 29.3 Å². The molecule has 0 saturated heterocycles. The van der Waals surface area contributed by atoms with Crippen LogP contribution in [0, 0.1) is 0 Å². The number of phenolic OH excluding ortho intramolecular Hbond substituents is 1. The number of phenols is 1. The Morgan fingerprint density at radius 3 is 2.36 bits per heavy atom. The zero-order valence-corrected chi connectivity index (χ0v) is 7.09. The van der Waals surface area contributed by atoms with E-state index in [1.807, 2.05) is 6.07 Å². The van der Waals surface area contributed by atoms with E-state index in [2.05, 4.69) is 19.9 Å². The second-order valence-corrected chi connectivity index (χ2v) is 2.62. The van der Waals surface area contributed by atoms with E-state index in [1.165, 1.54) is 5.56 Å². The van der Waals surface area contributed by atoms with Gasteiger partial charge in [0.25, 0.3) is 0 Å². The molecule has 0 fully saturated rings. The van der Waals surface area contributed by atoms with Crippen molar-refractivity contribution in [3.8, 4) is 5.75 Å². The fraction of sp³-hybridized carbons (Fsp3) is 0.400. The van der Waals surface area contributed by atoms with Gasteiger partial charge in [-0.2, -0.15) is 0 Å². The Kier molecular flexibility index (Phi) is 2.53. The first-order valence-electron chi connectivity index (χ1n) is 4.09. The molecule has 11 heavy (non-hydrogen) atoms. The van der Waals surface area contributed by atoms with E-state index in [4.69, 9.17) is 0 Å². The number of hydrogen-bond donors (Lipinski definition) is 1. The third kappa shape index (κ3) is 1.53. The second-order valence-electron chi connectivity index (χ2n) is 2.62. The van der Waals surface area contributed by atoms with E-state index < -0.39 is 0 Å². The van der Waals surface area contributed by atoms with Crippen LogP contribution in [0.15, 0.2) is 18.2 Å². The first-order chi connectivity index (χ1) is 5.29. The minimum atomic E-state index is 0.437. The van der Waals surface area contributed by atoms with Crippen molar-refractivity contribution < 1.29 is 5.11 Å². The number of rotatable bonds is 2. The Bertz CT molecular complexity index is 241. The predicted molar refractivity (Wildman–Crippen MR) is 46.9 cm³/mol. The van der Waals surface area contributed by atoms with Crippen molar-refractivity contribution in [3.63, 3.8) is 0 Å². The third-order valence-electron chi connectivity index (χ3n) is 1.98. The van der Waals surface area contributed by atoms with Gasteiger partial charge in [0.2, 0.25) is 0 Å². The van der Waals surface area contributed by atoms with Crippen LogP contribution in [0.4, 0.5) is 0 Å². The van der Waals surface area contributed by atoms with Gasteiger partial charge in [-0.05, 0) is 30.0 Å². The van der Waals surface area contributed by atoms with Gasteiger partial charge in [0.05, 0.1) is 0 Å². The molecule has 0 aliphatic heterocycles. The Balaban J connectivity index is 3.13. The van der Waals surface area contributed by atoms with Crippen LogP contribution < -0.4 is 0 Å². The molecule has 1 aromatic rings. The van der Waals surface area contributed by atoms with Gasteiger partial charge in [0.1, 0.15) is 5.75 Å². The van der Waals surface area contributed by atoms with Crippen molar-refractivity contribution in [2.24, 2.45) is 0 Å². The quantitative estimate of drug-likeness (QED) is 0.686. The van der Waals surface area contributed by atoms with Crippen LogP contribution in [-0.2, 0) is 12.8 Å². The molecular formula is C10H14O. The molecule has 0 amide bonds. The van der Waals surface area contributed by atoms with Gasteiger partial charge in [0, 0.05) is 0 Å². The molecule has 0 atom stereocenters. The smallest absolute Gasteiger partial charge is 0.119 e. The zero-order valence-electron chi connectivity index (χ0n) is 7.09. The van der Waals surface area contributed by atoms with Crippen LogP contribution >= 0.6 is 0 Å². The maximum atomic E-state index is 9.42. The highest BCUT2D eigenvalue weighted by Crippen LogP contribution is 2.21. The van der Waals surface area contributed by atoms with E-state index in [9.17, 15) is 5.11 Å². The van der Waals surface area contributed by atoms with E-state index >= 15 is 0 Å². The highest BCUT2D eigenvalue weighted by Gasteiger charge is 2.02. The summed E-state index contributed by atoms with van der Waals surface area (Å²) in [6.45, 7) is 4.17. The normalized spacial score (nSPS) is 10.0. The maximum Gasteiger partial charge on any atom is 0.119 e. The summed E-state index contributed by atoms with van der Waals surface area (Å²) in [5.74, 6) is 0.437. The molecule has 0 radical (unpaired) electrons. The highest BCUT2D eigenvalue weighted by atomic mass is 16.3. The van der Waals surface area contributed by atoms with Gasteiger partial charge < -0.3 is 5.11 Å². The Hall–Kier alpha value is -0.980. The molecule has 60 valence electrons. The summed E-state index contributed by atoms with van der Waals surface area (Å²) >= 11 is 0. The van der Waals surface area contributed by atoms with Crippen LogP contribution in [0.5, 0.6) is 5.75 Å². The van der Waals surface area contributed by atoms with Crippen molar-refractivity contribution in [1.29, 1.82) is 0 Å². The average Bonchev–Trinajstić information content (AvgIpc) is 2.04. The highest BCUT2D eigenvalue weighted by molar-refractivity contribution is 5.39. The molecule has 0 spiro atoms. The first-order valence-corrected chi connectivity index (χ1v) is 4.09. The van der Waals surface area contributed by atoms with Gasteiger partial charge in [-0.25, -0.2) is 0 Å². The fourth-order valence-corrected chi connectivity index (χ4v) is 1.36. The molecule has 0 heterocycles. The first kappa shape index (κ1) is 8.12. The maximum absolute atomic E-state index is 9.42. The summed E-state index contributed by atoms with van der Waals surface area (Å²) in [5.41, 5.74) is 2.35. The molecule has 0 bridgehead atoms. The predicted octanol–water partition coefficient (Wildman–Crippen LogP) is 2.52. The molecule has 0 saturated carbocycles. The third-order valence-corrected chi connectivity index (χ3v) is 1.98. The second kappa shape index (κ2) is 3.42. The minimum absolute atomic E-state index is 0.437. The summed E-state index contributed by atoms with van der Waals surface area (Å²) in [6.07, 6.45) is 1.91.